The molecule has 1 N–H and O–H groups in total. The molecule has 0 amide bonds. The van der Waals surface area contributed by atoms with Crippen molar-refractivity contribution >= 4 is 32.9 Å². The van der Waals surface area contributed by atoms with Gasteiger partial charge in [-0.2, -0.15) is 0 Å². The maximum atomic E-state index is 13.1. The Hall–Kier alpha value is -3.92. The molecule has 0 aliphatic carbocycles. The van der Waals surface area contributed by atoms with Crippen LogP contribution >= 0.6 is 8.58 Å². The first-order valence-corrected chi connectivity index (χ1v) is 29.8. The molecule has 2 aliphatic heterocycles. The molecule has 2 heterocycles. The normalized spacial score (nSPS) is 23.7. The molecular formula is C53H67O13PSSe. The monoisotopic (exact) mass is 1050 g/mol. The van der Waals surface area contributed by atoms with Crippen LogP contribution in [0.4, 0.5) is 0 Å². The van der Waals surface area contributed by atoms with E-state index in [4.69, 9.17) is 46.8 Å². The molecule has 2 aliphatic rings. The van der Waals surface area contributed by atoms with Crippen molar-refractivity contribution in [3.05, 3.63) is 161 Å². The molecular weight excluding hydrogens is 987 g/mol. The molecule has 5 aromatic carbocycles. The first-order valence-electron chi connectivity index (χ1n) is 23.3. The first kappa shape index (κ1) is 52.9. The molecule has 0 radical (unpaired) electrons. The third-order valence-corrected chi connectivity index (χ3v) is 22.3. The van der Waals surface area contributed by atoms with E-state index >= 15 is 0 Å². The molecule has 16 heteroatoms. The number of hydrogen-bond acceptors (Lipinski definition) is 12. The number of benzene rings is 5. The van der Waals surface area contributed by atoms with E-state index in [-0.39, 0.29) is 31.8 Å². The predicted octanol–water partition coefficient (Wildman–Crippen LogP) is 9.81. The fourth-order valence-electron chi connectivity index (χ4n) is 8.86. The fourth-order valence-corrected chi connectivity index (χ4v) is 20.3. The SMILES string of the molecule is COc1ccc(CO[C@@H]([C@H](OS(=O)(=O)O)[C@H](C)C[SeH]2C[C@@H](OCc3ccc(OC)cc3)[C@H](C)[C@H]2CPCOCc2ccccc2)[C@@H]2OC(c3ccccc3)OC[C@@H]2OCc2ccc(OC)cc2)cc1. The van der Waals surface area contributed by atoms with Crippen LogP contribution in [0.25, 0.3) is 0 Å². The summed E-state index contributed by atoms with van der Waals surface area (Å²) in [6, 6.07) is 42.7. The van der Waals surface area contributed by atoms with E-state index in [1.165, 1.54) is 0 Å². The van der Waals surface area contributed by atoms with Crippen LogP contribution in [0.3, 0.4) is 0 Å². The van der Waals surface area contributed by atoms with Crippen molar-refractivity contribution in [3.8, 4) is 17.2 Å². The Labute approximate surface area is 414 Å². The molecule has 0 bridgehead atoms. The van der Waals surface area contributed by atoms with Crippen LogP contribution in [-0.4, -0.2) is 97.8 Å². The summed E-state index contributed by atoms with van der Waals surface area (Å²) in [5.41, 5.74) is 4.67. The van der Waals surface area contributed by atoms with Gasteiger partial charge in [0.2, 0.25) is 0 Å². The summed E-state index contributed by atoms with van der Waals surface area (Å²) in [6.07, 6.45) is -3.12. The van der Waals surface area contributed by atoms with Crippen molar-refractivity contribution in [1.82, 2.24) is 0 Å². The zero-order valence-electron chi connectivity index (χ0n) is 40.0. The summed E-state index contributed by atoms with van der Waals surface area (Å²) in [5.74, 6) is 2.01. The molecule has 0 saturated carbocycles. The Kier molecular flexibility index (Phi) is 20.3. The summed E-state index contributed by atoms with van der Waals surface area (Å²) < 4.78 is 98.5. The number of rotatable bonds is 26. The van der Waals surface area contributed by atoms with Crippen LogP contribution < -0.4 is 14.2 Å². The molecule has 374 valence electrons. The van der Waals surface area contributed by atoms with E-state index in [9.17, 15) is 13.0 Å². The molecule has 13 nitrogen and oxygen atoms in total. The van der Waals surface area contributed by atoms with Gasteiger partial charge in [-0.1, -0.05) is 0 Å². The molecule has 5 aromatic rings. The van der Waals surface area contributed by atoms with Gasteiger partial charge in [-0.3, -0.25) is 0 Å². The molecule has 0 aromatic heterocycles. The zero-order chi connectivity index (χ0) is 48.6. The van der Waals surface area contributed by atoms with E-state index in [1.54, 1.807) is 21.3 Å². The van der Waals surface area contributed by atoms with Gasteiger partial charge in [0.15, 0.2) is 0 Å². The van der Waals surface area contributed by atoms with Crippen molar-refractivity contribution in [2.75, 3.05) is 40.4 Å². The van der Waals surface area contributed by atoms with Crippen LogP contribution in [0.1, 0.15) is 48.0 Å². The molecule has 3 unspecified atom stereocenters. The van der Waals surface area contributed by atoms with Crippen molar-refractivity contribution in [3.63, 3.8) is 0 Å². The molecule has 11 atom stereocenters. The van der Waals surface area contributed by atoms with Crippen LogP contribution in [0.5, 0.6) is 17.2 Å². The summed E-state index contributed by atoms with van der Waals surface area (Å²) in [6.45, 7) is 5.67. The van der Waals surface area contributed by atoms with Gasteiger partial charge < -0.3 is 4.74 Å². The molecule has 2 fully saturated rings. The van der Waals surface area contributed by atoms with Gasteiger partial charge in [0.25, 0.3) is 0 Å². The molecule has 0 spiro atoms. The third kappa shape index (κ3) is 15.8. The Morgan fingerprint density at radius 3 is 1.77 bits per heavy atom. The Morgan fingerprint density at radius 2 is 1.22 bits per heavy atom. The van der Waals surface area contributed by atoms with E-state index in [0.29, 0.717) is 49.8 Å². The minimum atomic E-state index is -5.01. The Morgan fingerprint density at radius 1 is 0.696 bits per heavy atom. The van der Waals surface area contributed by atoms with Crippen molar-refractivity contribution in [2.45, 2.75) is 92.5 Å². The van der Waals surface area contributed by atoms with Crippen molar-refractivity contribution in [2.24, 2.45) is 11.8 Å². The summed E-state index contributed by atoms with van der Waals surface area (Å²) in [4.78, 5) is 0.367. The number of ether oxygens (including phenoxy) is 9. The summed E-state index contributed by atoms with van der Waals surface area (Å²) in [5, 5.41) is 1.58. The van der Waals surface area contributed by atoms with Crippen molar-refractivity contribution in [1.29, 1.82) is 0 Å². The number of methoxy groups -OCH3 is 3. The topological polar surface area (TPSA) is 147 Å². The van der Waals surface area contributed by atoms with Gasteiger partial charge in [-0.05, 0) is 0 Å². The fraction of sp³-hybridized carbons (Fsp3) is 0.434. The maximum absolute atomic E-state index is 13.1. The molecule has 69 heavy (non-hydrogen) atoms. The van der Waals surface area contributed by atoms with Gasteiger partial charge in [0, 0.05) is 0 Å². The Balaban J connectivity index is 1.18. The second kappa shape index (κ2) is 26.5. The van der Waals surface area contributed by atoms with E-state index in [2.05, 4.69) is 19.1 Å². The standard InChI is InChI=1S/C53H67O13PSSe/c1-37(34-69-35-48(62-30-41-18-24-45(58-4)25-19-41)38(2)49(69)33-67-36-60-28-39-12-8-6-9-13-39)50(66-68(54,55)56)52(63-31-42-20-26-46(59-5)27-21-42)51-47(61-29-40-16-22-44(57-3)23-17-40)32-64-53(65-51)43-14-10-7-11-15-43/h6-27,37-38,47-53,67,69H,28-36H2,1-5H3,(H,54,55,56)/t37-,38+,47+,48-,49-,50-,51-,52+,53?/m1/s1. The molecule has 7 rings (SSSR count). The van der Waals surface area contributed by atoms with Gasteiger partial charge in [-0.15, -0.1) is 0 Å². The summed E-state index contributed by atoms with van der Waals surface area (Å²) >= 11 is -1.88. The quantitative estimate of drug-likeness (QED) is 0.0243. The third-order valence-electron chi connectivity index (χ3n) is 12.7. The average molecular weight is 1050 g/mol. The second-order valence-electron chi connectivity index (χ2n) is 17.5. The van der Waals surface area contributed by atoms with Crippen LogP contribution in [0.2, 0.25) is 15.5 Å². The second-order valence-corrected chi connectivity index (χ2v) is 25.1. The first-order chi connectivity index (χ1) is 33.5. The van der Waals surface area contributed by atoms with E-state index < -0.39 is 60.9 Å². The van der Waals surface area contributed by atoms with Crippen LogP contribution in [0.15, 0.2) is 133 Å². The van der Waals surface area contributed by atoms with Gasteiger partial charge in [0.05, 0.1) is 7.11 Å². The van der Waals surface area contributed by atoms with E-state index in [1.807, 2.05) is 128 Å². The Bertz CT molecular complexity index is 2370. The zero-order valence-corrected chi connectivity index (χ0v) is 43.7. The van der Waals surface area contributed by atoms with E-state index in [0.717, 1.165) is 45.0 Å². The number of hydrogen-bond donors (Lipinski definition) is 1. The van der Waals surface area contributed by atoms with Gasteiger partial charge >= 0.3 is 404 Å². The average Bonchev–Trinajstić information content (AvgIpc) is 3.67. The van der Waals surface area contributed by atoms with Crippen LogP contribution in [0, 0.1) is 11.8 Å². The van der Waals surface area contributed by atoms with Gasteiger partial charge in [-0.25, -0.2) is 0 Å². The van der Waals surface area contributed by atoms with Crippen LogP contribution in [-0.2, 0) is 69.4 Å². The minimum absolute atomic E-state index is 0.00333. The predicted molar refractivity (Wildman–Crippen MR) is 269 cm³/mol. The van der Waals surface area contributed by atoms with Crippen molar-refractivity contribution < 1.29 is 59.8 Å². The summed E-state index contributed by atoms with van der Waals surface area (Å²) in [7, 11) is 0.428. The molecule has 2 saturated heterocycles. The van der Waals surface area contributed by atoms with Gasteiger partial charge in [0.1, 0.15) is 0 Å².